The van der Waals surface area contributed by atoms with Gasteiger partial charge in [0.1, 0.15) is 6.26 Å². The molecule has 1 aromatic heterocycles. The van der Waals surface area contributed by atoms with Gasteiger partial charge >= 0.3 is 0 Å². The minimum atomic E-state index is 0.468. The Balaban J connectivity index is 2.66. The van der Waals surface area contributed by atoms with Gasteiger partial charge in [-0.1, -0.05) is 13.8 Å². The van der Waals surface area contributed by atoms with Gasteiger partial charge < -0.3 is 14.6 Å². The van der Waals surface area contributed by atoms with Crippen LogP contribution in [-0.2, 0) is 6.54 Å². The van der Waals surface area contributed by atoms with E-state index in [9.17, 15) is 0 Å². The third kappa shape index (κ3) is 3.23. The molecule has 0 spiro atoms. The SMILES string of the molecule is CCNCc1coc(N(CC)C(C)CC)n1. The first-order chi connectivity index (χ1) is 7.72. The number of oxazole rings is 1. The molecule has 0 saturated carbocycles. The summed E-state index contributed by atoms with van der Waals surface area (Å²) in [6, 6.07) is 1.21. The van der Waals surface area contributed by atoms with Crippen LogP contribution in [0.4, 0.5) is 6.01 Å². The Labute approximate surface area is 98.0 Å². The zero-order valence-corrected chi connectivity index (χ0v) is 10.8. The Kier molecular flexibility index (Phi) is 5.32. The summed E-state index contributed by atoms with van der Waals surface area (Å²) < 4.78 is 5.51. The van der Waals surface area contributed by atoms with Crippen LogP contribution in [0, 0.1) is 0 Å². The van der Waals surface area contributed by atoms with Crippen molar-refractivity contribution in [2.24, 2.45) is 0 Å². The second-order valence-corrected chi connectivity index (χ2v) is 3.95. The van der Waals surface area contributed by atoms with E-state index in [2.05, 4.69) is 42.9 Å². The fourth-order valence-corrected chi connectivity index (χ4v) is 1.62. The molecule has 0 fully saturated rings. The molecule has 1 atom stereocenters. The minimum Gasteiger partial charge on any atom is -0.432 e. The summed E-state index contributed by atoms with van der Waals surface area (Å²) in [5, 5.41) is 3.24. The van der Waals surface area contributed by atoms with E-state index < -0.39 is 0 Å². The summed E-state index contributed by atoms with van der Waals surface area (Å²) in [4.78, 5) is 6.67. The molecule has 1 heterocycles. The molecule has 0 aliphatic carbocycles. The van der Waals surface area contributed by atoms with Gasteiger partial charge in [0, 0.05) is 19.1 Å². The molecule has 1 aromatic rings. The Bertz CT molecular complexity index is 298. The minimum absolute atomic E-state index is 0.468. The Morgan fingerprint density at radius 3 is 2.75 bits per heavy atom. The van der Waals surface area contributed by atoms with Gasteiger partial charge in [-0.15, -0.1) is 0 Å². The molecule has 0 aliphatic rings. The maximum atomic E-state index is 5.51. The highest BCUT2D eigenvalue weighted by molar-refractivity contribution is 5.28. The molecule has 0 aromatic carbocycles. The fraction of sp³-hybridized carbons (Fsp3) is 0.750. The predicted molar refractivity (Wildman–Crippen MR) is 66.7 cm³/mol. The van der Waals surface area contributed by atoms with Crippen molar-refractivity contribution in [2.45, 2.75) is 46.7 Å². The number of nitrogens with zero attached hydrogens (tertiary/aromatic N) is 2. The number of nitrogens with one attached hydrogen (secondary N) is 1. The first-order valence-corrected chi connectivity index (χ1v) is 6.14. The number of hydrogen-bond donors (Lipinski definition) is 1. The molecule has 92 valence electrons. The van der Waals surface area contributed by atoms with Crippen molar-refractivity contribution in [3.63, 3.8) is 0 Å². The van der Waals surface area contributed by atoms with Crippen molar-refractivity contribution < 1.29 is 4.42 Å². The summed E-state index contributed by atoms with van der Waals surface area (Å²) in [6.45, 7) is 11.2. The van der Waals surface area contributed by atoms with E-state index in [1.807, 2.05) is 0 Å². The third-order valence-electron chi connectivity index (χ3n) is 2.81. The first kappa shape index (κ1) is 13.0. The lowest BCUT2D eigenvalue weighted by atomic mass is 10.2. The maximum absolute atomic E-state index is 5.51. The molecule has 1 rings (SSSR count). The molecule has 16 heavy (non-hydrogen) atoms. The van der Waals surface area contributed by atoms with Crippen LogP contribution >= 0.6 is 0 Å². The zero-order valence-electron chi connectivity index (χ0n) is 10.8. The van der Waals surface area contributed by atoms with Crippen LogP contribution < -0.4 is 10.2 Å². The largest absolute Gasteiger partial charge is 0.432 e. The number of anilines is 1. The summed E-state index contributed by atoms with van der Waals surface area (Å²) in [5.74, 6) is 0. The van der Waals surface area contributed by atoms with Crippen LogP contribution in [0.3, 0.4) is 0 Å². The second kappa shape index (κ2) is 6.53. The first-order valence-electron chi connectivity index (χ1n) is 6.14. The Morgan fingerprint density at radius 2 is 2.19 bits per heavy atom. The maximum Gasteiger partial charge on any atom is 0.297 e. The molecule has 4 heteroatoms. The fourth-order valence-electron chi connectivity index (χ4n) is 1.62. The molecule has 0 aliphatic heterocycles. The molecule has 0 saturated heterocycles. The number of aromatic nitrogens is 1. The standard InChI is InChI=1S/C12H23N3O/c1-5-10(4)15(7-3)12-14-11(9-16-12)8-13-6-2/h9-10,13H,5-8H2,1-4H3. The quantitative estimate of drug-likeness (QED) is 0.773. The topological polar surface area (TPSA) is 41.3 Å². The lowest BCUT2D eigenvalue weighted by Gasteiger charge is -2.24. The highest BCUT2D eigenvalue weighted by Gasteiger charge is 2.16. The molecule has 1 N–H and O–H groups in total. The molecular weight excluding hydrogens is 202 g/mol. The van der Waals surface area contributed by atoms with Gasteiger partial charge in [0.2, 0.25) is 0 Å². The van der Waals surface area contributed by atoms with Crippen LogP contribution in [0.5, 0.6) is 0 Å². The van der Waals surface area contributed by atoms with E-state index in [1.165, 1.54) is 0 Å². The van der Waals surface area contributed by atoms with Gasteiger partial charge in [-0.2, -0.15) is 4.98 Å². The van der Waals surface area contributed by atoms with E-state index >= 15 is 0 Å². The number of rotatable bonds is 7. The van der Waals surface area contributed by atoms with E-state index in [4.69, 9.17) is 4.42 Å². The summed E-state index contributed by atoms with van der Waals surface area (Å²) in [6.07, 6.45) is 2.84. The van der Waals surface area contributed by atoms with E-state index in [0.717, 1.165) is 37.8 Å². The average molecular weight is 225 g/mol. The summed E-state index contributed by atoms with van der Waals surface area (Å²) in [7, 11) is 0. The normalized spacial score (nSPS) is 12.8. The van der Waals surface area contributed by atoms with Gasteiger partial charge in [0.05, 0.1) is 5.69 Å². The van der Waals surface area contributed by atoms with E-state index in [0.29, 0.717) is 6.04 Å². The van der Waals surface area contributed by atoms with Crippen LogP contribution in [0.15, 0.2) is 10.7 Å². The monoisotopic (exact) mass is 225 g/mol. The number of hydrogen-bond acceptors (Lipinski definition) is 4. The Morgan fingerprint density at radius 1 is 1.44 bits per heavy atom. The van der Waals surface area contributed by atoms with Crippen LogP contribution in [-0.4, -0.2) is 24.1 Å². The van der Waals surface area contributed by atoms with E-state index in [-0.39, 0.29) is 0 Å². The van der Waals surface area contributed by atoms with Crippen LogP contribution in [0.25, 0.3) is 0 Å². The molecule has 4 nitrogen and oxygen atoms in total. The van der Waals surface area contributed by atoms with Crippen molar-refractivity contribution in [3.05, 3.63) is 12.0 Å². The molecular formula is C12H23N3O. The molecule has 0 radical (unpaired) electrons. The predicted octanol–water partition coefficient (Wildman–Crippen LogP) is 2.41. The molecule has 0 bridgehead atoms. The zero-order chi connectivity index (χ0) is 12.0. The van der Waals surface area contributed by atoms with Gasteiger partial charge in [-0.05, 0) is 26.8 Å². The van der Waals surface area contributed by atoms with Crippen LogP contribution in [0.2, 0.25) is 0 Å². The molecule has 1 unspecified atom stereocenters. The summed E-state index contributed by atoms with van der Waals surface area (Å²) in [5.41, 5.74) is 0.971. The van der Waals surface area contributed by atoms with Crippen molar-refractivity contribution in [2.75, 3.05) is 18.0 Å². The highest BCUT2D eigenvalue weighted by Crippen LogP contribution is 2.17. The van der Waals surface area contributed by atoms with Crippen molar-refractivity contribution >= 4 is 6.01 Å². The third-order valence-corrected chi connectivity index (χ3v) is 2.81. The van der Waals surface area contributed by atoms with Gasteiger partial charge in [0.15, 0.2) is 0 Å². The van der Waals surface area contributed by atoms with Crippen molar-refractivity contribution in [3.8, 4) is 0 Å². The smallest absolute Gasteiger partial charge is 0.297 e. The van der Waals surface area contributed by atoms with Crippen LogP contribution in [0.1, 0.15) is 39.8 Å². The lowest BCUT2D eigenvalue weighted by Crippen LogP contribution is -2.32. The molecule has 0 amide bonds. The summed E-state index contributed by atoms with van der Waals surface area (Å²) >= 11 is 0. The van der Waals surface area contributed by atoms with Gasteiger partial charge in [-0.25, -0.2) is 0 Å². The van der Waals surface area contributed by atoms with Gasteiger partial charge in [-0.3, -0.25) is 0 Å². The Hall–Kier alpha value is -1.03. The second-order valence-electron chi connectivity index (χ2n) is 3.95. The average Bonchev–Trinajstić information content (AvgIpc) is 2.75. The van der Waals surface area contributed by atoms with Crippen molar-refractivity contribution in [1.82, 2.24) is 10.3 Å². The van der Waals surface area contributed by atoms with Crippen molar-refractivity contribution in [1.29, 1.82) is 0 Å². The van der Waals surface area contributed by atoms with E-state index in [1.54, 1.807) is 6.26 Å². The lowest BCUT2D eigenvalue weighted by molar-refractivity contribution is 0.501. The highest BCUT2D eigenvalue weighted by atomic mass is 16.4. The van der Waals surface area contributed by atoms with Gasteiger partial charge in [0.25, 0.3) is 6.01 Å².